The standard InChI is InChI=1S/C26H28ClN3O5S/c1-19(26(32)28-2)29(17-20-9-7-10-21(27)15-20)25(31)18-30(22-11-8-12-23(16-22)35-3)36(33,34)24-13-5-4-6-14-24/h4-16,19H,17-18H2,1-3H3,(H,28,32)/t19-/m0/s1. The van der Waals surface area contributed by atoms with Gasteiger partial charge in [0.15, 0.2) is 0 Å². The van der Waals surface area contributed by atoms with E-state index in [1.807, 2.05) is 0 Å². The fourth-order valence-corrected chi connectivity index (χ4v) is 5.28. The first-order chi connectivity index (χ1) is 17.2. The molecule has 3 aromatic carbocycles. The molecule has 0 heterocycles. The van der Waals surface area contributed by atoms with Crippen molar-refractivity contribution in [3.05, 3.63) is 89.4 Å². The summed E-state index contributed by atoms with van der Waals surface area (Å²) in [6.07, 6.45) is 0. The van der Waals surface area contributed by atoms with Crippen LogP contribution in [0.1, 0.15) is 12.5 Å². The number of nitrogens with one attached hydrogen (secondary N) is 1. The molecule has 0 aliphatic heterocycles. The Morgan fingerprint density at radius 1 is 1.00 bits per heavy atom. The first-order valence-corrected chi connectivity index (χ1v) is 13.0. The molecule has 0 bridgehead atoms. The van der Waals surface area contributed by atoms with Crippen LogP contribution >= 0.6 is 11.6 Å². The Hall–Kier alpha value is -3.56. The normalized spacial score (nSPS) is 11.9. The maximum absolute atomic E-state index is 13.7. The number of hydrogen-bond acceptors (Lipinski definition) is 5. The van der Waals surface area contributed by atoms with Gasteiger partial charge in [-0.15, -0.1) is 0 Å². The number of carbonyl (C=O) groups excluding carboxylic acids is 2. The Balaban J connectivity index is 2.04. The monoisotopic (exact) mass is 529 g/mol. The fourth-order valence-electron chi connectivity index (χ4n) is 3.64. The van der Waals surface area contributed by atoms with Crippen molar-refractivity contribution in [2.75, 3.05) is 25.0 Å². The second-order valence-corrected chi connectivity index (χ2v) is 10.3. The Morgan fingerprint density at radius 2 is 1.69 bits per heavy atom. The summed E-state index contributed by atoms with van der Waals surface area (Å²) >= 11 is 6.12. The molecule has 0 fully saturated rings. The van der Waals surface area contributed by atoms with E-state index in [-0.39, 0.29) is 23.0 Å². The topological polar surface area (TPSA) is 96.0 Å². The van der Waals surface area contributed by atoms with Crippen molar-refractivity contribution in [1.82, 2.24) is 10.2 Å². The number of halogens is 1. The summed E-state index contributed by atoms with van der Waals surface area (Å²) in [5, 5.41) is 3.03. The van der Waals surface area contributed by atoms with Crippen LogP contribution in [0.3, 0.4) is 0 Å². The van der Waals surface area contributed by atoms with Gasteiger partial charge in [-0.25, -0.2) is 8.42 Å². The molecular formula is C26H28ClN3O5S. The molecule has 1 atom stereocenters. The highest BCUT2D eigenvalue weighted by Gasteiger charge is 2.32. The molecule has 0 radical (unpaired) electrons. The predicted octanol–water partition coefficient (Wildman–Crippen LogP) is 3.71. The first kappa shape index (κ1) is 27.0. The predicted molar refractivity (Wildman–Crippen MR) is 139 cm³/mol. The summed E-state index contributed by atoms with van der Waals surface area (Å²) in [4.78, 5) is 27.5. The average Bonchev–Trinajstić information content (AvgIpc) is 2.89. The van der Waals surface area contributed by atoms with E-state index in [1.54, 1.807) is 67.6 Å². The third kappa shape index (κ3) is 6.35. The van der Waals surface area contributed by atoms with Gasteiger partial charge in [0.1, 0.15) is 18.3 Å². The summed E-state index contributed by atoms with van der Waals surface area (Å²) in [6.45, 7) is 1.11. The first-order valence-electron chi connectivity index (χ1n) is 11.1. The third-order valence-corrected chi connectivity index (χ3v) is 7.63. The van der Waals surface area contributed by atoms with Crippen LogP contribution in [0.15, 0.2) is 83.8 Å². The number of rotatable bonds is 10. The minimum atomic E-state index is -4.13. The van der Waals surface area contributed by atoms with Crippen molar-refractivity contribution in [3.63, 3.8) is 0 Å². The van der Waals surface area contributed by atoms with E-state index in [9.17, 15) is 18.0 Å². The fraction of sp³-hybridized carbons (Fsp3) is 0.231. The molecule has 2 amide bonds. The van der Waals surface area contributed by atoms with Crippen LogP contribution < -0.4 is 14.4 Å². The lowest BCUT2D eigenvalue weighted by Gasteiger charge is -2.31. The molecule has 3 aromatic rings. The van der Waals surface area contributed by atoms with Gasteiger partial charge in [-0.3, -0.25) is 13.9 Å². The highest BCUT2D eigenvalue weighted by molar-refractivity contribution is 7.92. The van der Waals surface area contributed by atoms with Gasteiger partial charge >= 0.3 is 0 Å². The van der Waals surface area contributed by atoms with Gasteiger partial charge in [0.25, 0.3) is 10.0 Å². The molecule has 36 heavy (non-hydrogen) atoms. The number of benzene rings is 3. The zero-order valence-electron chi connectivity index (χ0n) is 20.2. The number of sulfonamides is 1. The minimum absolute atomic E-state index is 0.0290. The van der Waals surface area contributed by atoms with Gasteiger partial charge in [0.05, 0.1) is 17.7 Å². The SMILES string of the molecule is CNC(=O)[C@H](C)N(Cc1cccc(Cl)c1)C(=O)CN(c1cccc(OC)c1)S(=O)(=O)c1ccccc1. The van der Waals surface area contributed by atoms with Crippen molar-refractivity contribution >= 4 is 39.1 Å². The molecule has 0 saturated heterocycles. The minimum Gasteiger partial charge on any atom is -0.497 e. The third-order valence-electron chi connectivity index (χ3n) is 5.61. The molecule has 0 aliphatic carbocycles. The van der Waals surface area contributed by atoms with Crippen molar-refractivity contribution in [2.24, 2.45) is 0 Å². The van der Waals surface area contributed by atoms with Gasteiger partial charge in [-0.2, -0.15) is 0 Å². The lowest BCUT2D eigenvalue weighted by molar-refractivity contribution is -0.139. The van der Waals surface area contributed by atoms with Crippen molar-refractivity contribution in [3.8, 4) is 5.75 Å². The van der Waals surface area contributed by atoms with Crippen LogP contribution in [0.25, 0.3) is 0 Å². The maximum atomic E-state index is 13.7. The zero-order valence-corrected chi connectivity index (χ0v) is 21.8. The molecule has 0 aromatic heterocycles. The summed E-state index contributed by atoms with van der Waals surface area (Å²) in [6, 6.07) is 20.3. The Bertz CT molecular complexity index is 1320. The van der Waals surface area contributed by atoms with E-state index in [0.29, 0.717) is 16.3 Å². The van der Waals surface area contributed by atoms with Gasteiger partial charge in [0.2, 0.25) is 11.8 Å². The van der Waals surface area contributed by atoms with Crippen molar-refractivity contribution in [2.45, 2.75) is 24.4 Å². The van der Waals surface area contributed by atoms with E-state index >= 15 is 0 Å². The van der Waals surface area contributed by atoms with E-state index in [0.717, 1.165) is 4.31 Å². The molecule has 190 valence electrons. The average molecular weight is 530 g/mol. The molecule has 0 saturated carbocycles. The molecule has 1 N–H and O–H groups in total. The molecule has 10 heteroatoms. The molecule has 8 nitrogen and oxygen atoms in total. The number of likely N-dealkylation sites (N-methyl/N-ethyl adjacent to an activating group) is 1. The van der Waals surface area contributed by atoms with E-state index in [2.05, 4.69) is 5.32 Å². The van der Waals surface area contributed by atoms with Crippen molar-refractivity contribution in [1.29, 1.82) is 0 Å². The second kappa shape index (κ2) is 11.9. The highest BCUT2D eigenvalue weighted by Crippen LogP contribution is 2.27. The number of anilines is 1. The van der Waals surface area contributed by atoms with Crippen LogP contribution in [0.4, 0.5) is 5.69 Å². The van der Waals surface area contributed by atoms with Gasteiger partial charge < -0.3 is 15.0 Å². The Kier molecular flexibility index (Phi) is 8.95. The van der Waals surface area contributed by atoms with Crippen molar-refractivity contribution < 1.29 is 22.7 Å². The molecular weight excluding hydrogens is 502 g/mol. The van der Waals surface area contributed by atoms with Crippen LogP contribution in [0.5, 0.6) is 5.75 Å². The number of amides is 2. The number of nitrogens with zero attached hydrogens (tertiary/aromatic N) is 2. The largest absolute Gasteiger partial charge is 0.497 e. The molecule has 0 unspecified atom stereocenters. The Labute approximate surface area is 216 Å². The smallest absolute Gasteiger partial charge is 0.264 e. The Morgan fingerprint density at radius 3 is 2.33 bits per heavy atom. The highest BCUT2D eigenvalue weighted by atomic mass is 35.5. The summed E-state index contributed by atoms with van der Waals surface area (Å²) in [5.41, 5.74) is 0.951. The maximum Gasteiger partial charge on any atom is 0.264 e. The summed E-state index contributed by atoms with van der Waals surface area (Å²) in [5.74, 6) is -0.514. The lowest BCUT2D eigenvalue weighted by atomic mass is 10.1. The number of ether oxygens (including phenoxy) is 1. The quantitative estimate of drug-likeness (QED) is 0.432. The van der Waals surface area contributed by atoms with E-state index in [4.69, 9.17) is 16.3 Å². The summed E-state index contributed by atoms with van der Waals surface area (Å²) < 4.78 is 33.6. The molecule has 0 spiro atoms. The van der Waals surface area contributed by atoms with Gasteiger partial charge in [-0.1, -0.05) is 48.0 Å². The number of methoxy groups -OCH3 is 1. The van der Waals surface area contributed by atoms with Crippen LogP contribution in [0, 0.1) is 0 Å². The number of carbonyl (C=O) groups is 2. The second-order valence-electron chi connectivity index (χ2n) is 7.97. The van der Waals surface area contributed by atoms with Crippen LogP contribution in [0.2, 0.25) is 5.02 Å². The zero-order chi connectivity index (χ0) is 26.3. The summed E-state index contributed by atoms with van der Waals surface area (Å²) in [7, 11) is -1.18. The number of hydrogen-bond donors (Lipinski definition) is 1. The van der Waals surface area contributed by atoms with Gasteiger partial charge in [-0.05, 0) is 48.9 Å². The van der Waals surface area contributed by atoms with Crippen LogP contribution in [-0.4, -0.2) is 51.9 Å². The molecule has 3 rings (SSSR count). The van der Waals surface area contributed by atoms with E-state index in [1.165, 1.54) is 37.3 Å². The van der Waals surface area contributed by atoms with Crippen LogP contribution in [-0.2, 0) is 26.2 Å². The lowest BCUT2D eigenvalue weighted by Crippen LogP contribution is -2.50. The van der Waals surface area contributed by atoms with E-state index < -0.39 is 28.5 Å². The molecule has 0 aliphatic rings. The van der Waals surface area contributed by atoms with Gasteiger partial charge in [0, 0.05) is 24.7 Å².